The molecule has 1 aliphatic rings. The van der Waals surface area contributed by atoms with Gasteiger partial charge in [-0.1, -0.05) is 20.8 Å². The number of halogens is 3. The van der Waals surface area contributed by atoms with Gasteiger partial charge in [0.05, 0.1) is 11.1 Å². The Morgan fingerprint density at radius 3 is 2.62 bits per heavy atom. The van der Waals surface area contributed by atoms with Crippen molar-refractivity contribution in [3.05, 3.63) is 47.3 Å². The molecular formula is C20H30F3N5O. The predicted molar refractivity (Wildman–Crippen MR) is 111 cm³/mol. The van der Waals surface area contributed by atoms with Crippen molar-refractivity contribution in [2.24, 2.45) is 5.41 Å². The van der Waals surface area contributed by atoms with E-state index in [4.69, 9.17) is 5.73 Å². The number of hydrogen-bond donors (Lipinski definition) is 2. The Bertz CT molecular complexity index is 922. The number of piperazine rings is 1. The molecule has 1 fully saturated rings. The quantitative estimate of drug-likeness (QED) is 0.743. The number of hydrogen-bond acceptors (Lipinski definition) is 6. The van der Waals surface area contributed by atoms with Crippen molar-refractivity contribution in [1.29, 1.82) is 0 Å². The topological polar surface area (TPSA) is 84.1 Å². The predicted octanol–water partition coefficient (Wildman–Crippen LogP) is 3.87. The number of nitrogens with two attached hydrogens (primary N) is 1. The summed E-state index contributed by atoms with van der Waals surface area (Å²) in [5, 5.41) is 3.42. The Labute approximate surface area is 171 Å². The van der Waals surface area contributed by atoms with Gasteiger partial charge in [-0.05, 0) is 29.7 Å². The van der Waals surface area contributed by atoms with Gasteiger partial charge >= 0.3 is 6.18 Å². The molecule has 3 heterocycles. The number of nitrogen functional groups attached to an aromatic ring is 1. The van der Waals surface area contributed by atoms with Crippen LogP contribution in [-0.2, 0) is 6.18 Å². The molecule has 0 aromatic carbocycles. The lowest BCUT2D eigenvalue weighted by molar-refractivity contribution is -0.138. The second kappa shape index (κ2) is 7.62. The Balaban J connectivity index is 0.00000320. The average molecular weight is 413 g/mol. The fourth-order valence-corrected chi connectivity index (χ4v) is 3.30. The second-order valence-electron chi connectivity index (χ2n) is 8.15. The zero-order valence-corrected chi connectivity index (χ0v) is 16.5. The van der Waals surface area contributed by atoms with Gasteiger partial charge in [-0.3, -0.25) is 4.79 Å². The van der Waals surface area contributed by atoms with E-state index in [2.05, 4.69) is 36.1 Å². The molecule has 0 spiro atoms. The lowest BCUT2D eigenvalue weighted by Crippen LogP contribution is -2.56. The lowest BCUT2D eigenvalue weighted by Gasteiger charge is -2.41. The standard InChI is InChI=1S/C20H24F3N5O.3H2/c1-19(2,3)14-11-28(10-9-25-14)15-7-6-13(20(21,22)23)16(27-15)17(29)12-5-4-8-26-18(12)24;;;/h4-8,14,25H,9-11H2,1-3H3,(H2,24,26);3*1H. The van der Waals surface area contributed by atoms with E-state index in [0.717, 1.165) is 6.07 Å². The Kier molecular flexibility index (Phi) is 5.53. The van der Waals surface area contributed by atoms with Crippen LogP contribution < -0.4 is 16.0 Å². The Morgan fingerprint density at radius 1 is 1.28 bits per heavy atom. The number of carbonyl (C=O) groups excluding carboxylic acids is 1. The van der Waals surface area contributed by atoms with Gasteiger partial charge in [-0.15, -0.1) is 0 Å². The number of anilines is 2. The molecule has 2 aromatic rings. The molecule has 29 heavy (non-hydrogen) atoms. The third-order valence-electron chi connectivity index (χ3n) is 5.03. The number of carbonyl (C=O) groups is 1. The third-order valence-corrected chi connectivity index (χ3v) is 5.03. The Hall–Kier alpha value is -2.68. The molecule has 9 heteroatoms. The van der Waals surface area contributed by atoms with E-state index in [0.29, 0.717) is 25.5 Å². The van der Waals surface area contributed by atoms with Crippen LogP contribution in [0.4, 0.5) is 24.8 Å². The maximum Gasteiger partial charge on any atom is 0.418 e. The summed E-state index contributed by atoms with van der Waals surface area (Å²) in [7, 11) is 0. The SMILES string of the molecule is CC(C)(C)C1CN(c2ccc(C(F)(F)F)c(C(=O)c3cccnc3N)n2)CCN1.[HH].[HH].[HH]. The molecule has 2 aromatic heterocycles. The summed E-state index contributed by atoms with van der Waals surface area (Å²) in [5.41, 5.74) is 3.82. The van der Waals surface area contributed by atoms with Gasteiger partial charge < -0.3 is 16.0 Å². The molecule has 0 radical (unpaired) electrons. The highest BCUT2D eigenvalue weighted by Gasteiger charge is 2.38. The number of ketones is 1. The number of nitrogens with one attached hydrogen (secondary N) is 1. The van der Waals surface area contributed by atoms with Crippen LogP contribution in [0.15, 0.2) is 30.5 Å². The number of aromatic nitrogens is 2. The number of alkyl halides is 3. The molecule has 1 atom stereocenters. The van der Waals surface area contributed by atoms with Crippen molar-refractivity contribution >= 4 is 17.4 Å². The van der Waals surface area contributed by atoms with Crippen LogP contribution >= 0.6 is 0 Å². The molecule has 0 aliphatic carbocycles. The molecule has 0 bridgehead atoms. The fraction of sp³-hybridized carbons (Fsp3) is 0.450. The van der Waals surface area contributed by atoms with E-state index in [1.54, 1.807) is 0 Å². The van der Waals surface area contributed by atoms with E-state index in [1.165, 1.54) is 24.4 Å². The monoisotopic (exact) mass is 413 g/mol. The van der Waals surface area contributed by atoms with Gasteiger partial charge in [0.15, 0.2) is 0 Å². The summed E-state index contributed by atoms with van der Waals surface area (Å²) in [6.07, 6.45) is -3.35. The summed E-state index contributed by atoms with van der Waals surface area (Å²) in [5.74, 6) is -0.695. The minimum atomic E-state index is -4.72. The molecule has 1 unspecified atom stereocenters. The number of pyridine rings is 2. The second-order valence-corrected chi connectivity index (χ2v) is 8.15. The van der Waals surface area contributed by atoms with Crippen molar-refractivity contribution in [1.82, 2.24) is 15.3 Å². The van der Waals surface area contributed by atoms with Crippen LogP contribution in [-0.4, -0.2) is 41.4 Å². The summed E-state index contributed by atoms with van der Waals surface area (Å²) in [4.78, 5) is 22.7. The largest absolute Gasteiger partial charge is 0.418 e. The first-order chi connectivity index (χ1) is 13.5. The highest BCUT2D eigenvalue weighted by atomic mass is 19.4. The Morgan fingerprint density at radius 2 is 2.00 bits per heavy atom. The van der Waals surface area contributed by atoms with Gasteiger partial charge in [-0.2, -0.15) is 13.2 Å². The highest BCUT2D eigenvalue weighted by Crippen LogP contribution is 2.34. The first kappa shape index (κ1) is 21.0. The fourth-order valence-electron chi connectivity index (χ4n) is 3.30. The van der Waals surface area contributed by atoms with Crippen LogP contribution in [0.1, 0.15) is 46.7 Å². The minimum Gasteiger partial charge on any atom is -0.383 e. The summed E-state index contributed by atoms with van der Waals surface area (Å²) in [6, 6.07) is 5.16. The number of nitrogens with zero attached hydrogens (tertiary/aromatic N) is 3. The van der Waals surface area contributed by atoms with E-state index in [9.17, 15) is 18.0 Å². The van der Waals surface area contributed by atoms with E-state index < -0.39 is 23.2 Å². The van der Waals surface area contributed by atoms with E-state index in [1.807, 2.05) is 4.90 Å². The normalized spacial score (nSPS) is 18.0. The zero-order chi connectivity index (χ0) is 21.4. The van der Waals surface area contributed by atoms with Crippen molar-refractivity contribution in [2.45, 2.75) is 33.0 Å². The third kappa shape index (κ3) is 4.50. The van der Waals surface area contributed by atoms with Crippen LogP contribution in [0.5, 0.6) is 0 Å². The molecule has 162 valence electrons. The van der Waals surface area contributed by atoms with Gasteiger partial charge in [-0.25, -0.2) is 9.97 Å². The average Bonchev–Trinajstić information content (AvgIpc) is 2.66. The van der Waals surface area contributed by atoms with Crippen LogP contribution in [0.25, 0.3) is 0 Å². The van der Waals surface area contributed by atoms with Crippen molar-refractivity contribution in [3.63, 3.8) is 0 Å². The van der Waals surface area contributed by atoms with Gasteiger partial charge in [0.2, 0.25) is 5.78 Å². The first-order valence-corrected chi connectivity index (χ1v) is 9.30. The van der Waals surface area contributed by atoms with Crippen molar-refractivity contribution < 1.29 is 22.2 Å². The summed E-state index contributed by atoms with van der Waals surface area (Å²) >= 11 is 0. The van der Waals surface area contributed by atoms with Crippen LogP contribution in [0, 0.1) is 5.41 Å². The highest BCUT2D eigenvalue weighted by molar-refractivity contribution is 6.11. The van der Waals surface area contributed by atoms with E-state index >= 15 is 0 Å². The first-order valence-electron chi connectivity index (χ1n) is 9.30. The maximum atomic E-state index is 13.6. The van der Waals surface area contributed by atoms with Gasteiger partial charge in [0.1, 0.15) is 17.3 Å². The lowest BCUT2D eigenvalue weighted by atomic mass is 9.85. The molecule has 1 aliphatic heterocycles. The molecule has 0 amide bonds. The molecule has 6 nitrogen and oxygen atoms in total. The summed E-state index contributed by atoms with van der Waals surface area (Å²) < 4.78 is 40.7. The van der Waals surface area contributed by atoms with Crippen molar-refractivity contribution in [3.8, 4) is 0 Å². The maximum absolute atomic E-state index is 13.6. The molecular weight excluding hydrogens is 383 g/mol. The smallest absolute Gasteiger partial charge is 0.383 e. The van der Waals surface area contributed by atoms with Crippen LogP contribution in [0.2, 0.25) is 0 Å². The van der Waals surface area contributed by atoms with E-state index in [-0.39, 0.29) is 27.1 Å². The van der Waals surface area contributed by atoms with Gasteiger partial charge in [0, 0.05) is 36.2 Å². The zero-order valence-electron chi connectivity index (χ0n) is 16.5. The number of rotatable bonds is 3. The molecule has 1 saturated heterocycles. The molecule has 0 saturated carbocycles. The van der Waals surface area contributed by atoms with Crippen LogP contribution in [0.3, 0.4) is 0 Å². The summed E-state index contributed by atoms with van der Waals surface area (Å²) in [6.45, 7) is 8.10. The molecule has 3 rings (SSSR count). The molecule has 3 N–H and O–H groups in total. The van der Waals surface area contributed by atoms with Gasteiger partial charge in [0.25, 0.3) is 0 Å². The van der Waals surface area contributed by atoms with Crippen molar-refractivity contribution in [2.75, 3.05) is 30.3 Å². The minimum absolute atomic E-state index is 0.